The average molecular weight is 368 g/mol. The lowest BCUT2D eigenvalue weighted by Gasteiger charge is -2.15. The number of nitrogens with zero attached hydrogens (tertiary/aromatic N) is 4. The van der Waals surface area contributed by atoms with Crippen LogP contribution >= 0.6 is 11.6 Å². The van der Waals surface area contributed by atoms with Gasteiger partial charge >= 0.3 is 0 Å². The number of aryl methyl sites for hydroxylation is 1. The molecule has 5 nitrogen and oxygen atoms in total. The lowest BCUT2D eigenvalue weighted by molar-refractivity contribution is 0.543. The highest BCUT2D eigenvalue weighted by molar-refractivity contribution is 6.28. The van der Waals surface area contributed by atoms with E-state index in [-0.39, 0.29) is 11.3 Å². The Kier molecular flexibility index (Phi) is 4.89. The topological polar surface area (TPSA) is 55.6 Å². The van der Waals surface area contributed by atoms with Crippen molar-refractivity contribution in [2.24, 2.45) is 0 Å². The van der Waals surface area contributed by atoms with Crippen molar-refractivity contribution in [3.63, 3.8) is 0 Å². The van der Waals surface area contributed by atoms with Gasteiger partial charge in [0.25, 0.3) is 0 Å². The van der Waals surface area contributed by atoms with E-state index in [4.69, 9.17) is 11.6 Å². The minimum atomic E-state index is 0.128. The van der Waals surface area contributed by atoms with Crippen molar-refractivity contribution in [3.05, 3.63) is 60.2 Å². The minimum absolute atomic E-state index is 0.128. The van der Waals surface area contributed by atoms with E-state index in [1.54, 1.807) is 0 Å². The molecule has 0 radical (unpaired) electrons. The molecule has 4 rings (SSSR count). The summed E-state index contributed by atoms with van der Waals surface area (Å²) in [6, 6.07) is 11.1. The second-order valence-corrected chi connectivity index (χ2v) is 7.10. The molecule has 1 saturated carbocycles. The summed E-state index contributed by atoms with van der Waals surface area (Å²) in [5, 5.41) is 3.64. The number of aromatic nitrogens is 4. The van der Waals surface area contributed by atoms with E-state index in [0.29, 0.717) is 6.04 Å². The maximum absolute atomic E-state index is 6.16. The quantitative estimate of drug-likeness (QED) is 0.458. The van der Waals surface area contributed by atoms with Crippen LogP contribution in [0.5, 0.6) is 0 Å². The second kappa shape index (κ2) is 7.46. The zero-order valence-corrected chi connectivity index (χ0v) is 15.4. The van der Waals surface area contributed by atoms with Gasteiger partial charge in [-0.1, -0.05) is 36.4 Å². The molecule has 2 aromatic heterocycles. The number of imidazole rings is 1. The summed E-state index contributed by atoms with van der Waals surface area (Å²) in [5.41, 5.74) is 2.89. The predicted octanol–water partition coefficient (Wildman–Crippen LogP) is 4.80. The number of fused-ring (bicyclic) bond motifs is 1. The summed E-state index contributed by atoms with van der Waals surface area (Å²) >= 11 is 6.16. The van der Waals surface area contributed by atoms with Crippen LogP contribution in [0.4, 0.5) is 5.82 Å². The highest BCUT2D eigenvalue weighted by Crippen LogP contribution is 2.30. The Bertz CT molecular complexity index is 901. The first kappa shape index (κ1) is 17.0. The fourth-order valence-corrected chi connectivity index (χ4v) is 3.35. The summed E-state index contributed by atoms with van der Waals surface area (Å²) in [4.78, 5) is 13.3. The van der Waals surface area contributed by atoms with Crippen molar-refractivity contribution in [2.75, 3.05) is 5.32 Å². The number of anilines is 1. The van der Waals surface area contributed by atoms with Crippen LogP contribution in [-0.4, -0.2) is 25.6 Å². The van der Waals surface area contributed by atoms with E-state index in [9.17, 15) is 0 Å². The van der Waals surface area contributed by atoms with E-state index in [0.717, 1.165) is 36.2 Å². The van der Waals surface area contributed by atoms with Gasteiger partial charge in [0, 0.05) is 6.04 Å². The Labute approximate surface area is 158 Å². The summed E-state index contributed by atoms with van der Waals surface area (Å²) in [6.07, 6.45) is 9.18. The van der Waals surface area contributed by atoms with Gasteiger partial charge in [-0.25, -0.2) is 4.98 Å². The van der Waals surface area contributed by atoms with E-state index in [2.05, 4.69) is 55.7 Å². The smallest absolute Gasteiger partial charge is 0.226 e. The monoisotopic (exact) mass is 367 g/mol. The summed E-state index contributed by atoms with van der Waals surface area (Å²) < 4.78 is 2.05. The molecule has 2 heterocycles. The highest BCUT2D eigenvalue weighted by atomic mass is 35.5. The van der Waals surface area contributed by atoms with Gasteiger partial charge in [-0.2, -0.15) is 9.97 Å². The zero-order chi connectivity index (χ0) is 17.9. The number of hydrogen-bond donors (Lipinski definition) is 1. The van der Waals surface area contributed by atoms with E-state index < -0.39 is 0 Å². The Morgan fingerprint density at radius 1 is 1.27 bits per heavy atom. The molecule has 134 valence electrons. The molecule has 0 bridgehead atoms. The van der Waals surface area contributed by atoms with Gasteiger partial charge in [0.15, 0.2) is 17.0 Å². The Balaban J connectivity index is 1.53. The fraction of sp³-hybridized carbons (Fsp3) is 0.350. The van der Waals surface area contributed by atoms with E-state index >= 15 is 0 Å². The molecular formula is C20H22ClN5. The first-order chi connectivity index (χ1) is 12.7. The molecule has 0 spiro atoms. The van der Waals surface area contributed by atoms with Crippen LogP contribution in [0.2, 0.25) is 5.28 Å². The van der Waals surface area contributed by atoms with Crippen molar-refractivity contribution in [2.45, 2.75) is 44.2 Å². The second-order valence-electron chi connectivity index (χ2n) is 6.76. The number of rotatable bonds is 8. The van der Waals surface area contributed by atoms with Crippen LogP contribution in [0, 0.1) is 0 Å². The first-order valence-corrected chi connectivity index (χ1v) is 9.45. The molecule has 26 heavy (non-hydrogen) atoms. The number of allylic oxidation sites excluding steroid dienone is 1. The Morgan fingerprint density at radius 3 is 2.81 bits per heavy atom. The predicted molar refractivity (Wildman–Crippen MR) is 106 cm³/mol. The van der Waals surface area contributed by atoms with Crippen LogP contribution < -0.4 is 5.32 Å². The Morgan fingerprint density at radius 2 is 2.08 bits per heavy atom. The molecule has 1 N–H and O–H groups in total. The van der Waals surface area contributed by atoms with Crippen LogP contribution in [-0.2, 0) is 6.42 Å². The maximum atomic E-state index is 6.16. The fourth-order valence-electron chi connectivity index (χ4n) is 3.18. The molecule has 1 aliphatic rings. The minimum Gasteiger partial charge on any atom is -0.365 e. The van der Waals surface area contributed by atoms with Gasteiger partial charge in [0.05, 0.1) is 12.4 Å². The molecule has 1 aliphatic carbocycles. The molecule has 6 heteroatoms. The maximum Gasteiger partial charge on any atom is 0.226 e. The standard InChI is InChI=1S/C20H22ClN5/c1-2-16(10-6-9-14-7-4-3-5-8-14)26-13-22-17-18(23-15-11-12-15)24-20(21)25-19(17)26/h2-5,7-8,13,15-16H,1,6,9-12H2,(H,23,24,25)/t16-/m1/s1. The van der Waals surface area contributed by atoms with Crippen molar-refractivity contribution >= 4 is 28.6 Å². The highest BCUT2D eigenvalue weighted by Gasteiger charge is 2.24. The van der Waals surface area contributed by atoms with Crippen LogP contribution in [0.3, 0.4) is 0 Å². The lowest BCUT2D eigenvalue weighted by Crippen LogP contribution is -2.08. The van der Waals surface area contributed by atoms with Gasteiger partial charge in [-0.15, -0.1) is 6.58 Å². The van der Waals surface area contributed by atoms with Crippen molar-refractivity contribution in [1.29, 1.82) is 0 Å². The molecule has 0 saturated heterocycles. The molecule has 1 aromatic carbocycles. The van der Waals surface area contributed by atoms with Gasteiger partial charge < -0.3 is 9.88 Å². The van der Waals surface area contributed by atoms with Gasteiger partial charge in [0.1, 0.15) is 0 Å². The van der Waals surface area contributed by atoms with E-state index in [1.807, 2.05) is 18.5 Å². The number of halogens is 1. The number of hydrogen-bond acceptors (Lipinski definition) is 4. The molecule has 0 amide bonds. The SMILES string of the molecule is C=C[C@H](CCCc1ccccc1)n1cnc2c(NC3CC3)nc(Cl)nc21. The van der Waals surface area contributed by atoms with Crippen LogP contribution in [0.1, 0.15) is 37.3 Å². The van der Waals surface area contributed by atoms with E-state index in [1.165, 1.54) is 18.4 Å². The molecular weight excluding hydrogens is 346 g/mol. The Hall–Kier alpha value is -2.40. The molecule has 1 atom stereocenters. The molecule has 1 fully saturated rings. The summed E-state index contributed by atoms with van der Waals surface area (Å²) in [5.74, 6) is 0.730. The average Bonchev–Trinajstić information content (AvgIpc) is 3.37. The normalized spacial score (nSPS) is 15.1. The van der Waals surface area contributed by atoms with Gasteiger partial charge in [0.2, 0.25) is 5.28 Å². The third-order valence-electron chi connectivity index (χ3n) is 4.75. The first-order valence-electron chi connectivity index (χ1n) is 9.07. The number of nitrogens with one attached hydrogen (secondary N) is 1. The lowest BCUT2D eigenvalue weighted by atomic mass is 10.0. The largest absolute Gasteiger partial charge is 0.365 e. The van der Waals surface area contributed by atoms with Crippen molar-refractivity contribution < 1.29 is 0 Å². The van der Waals surface area contributed by atoms with Gasteiger partial charge in [-0.05, 0) is 49.3 Å². The zero-order valence-electron chi connectivity index (χ0n) is 14.6. The van der Waals surface area contributed by atoms with Crippen molar-refractivity contribution in [1.82, 2.24) is 19.5 Å². The molecule has 0 aliphatic heterocycles. The van der Waals surface area contributed by atoms with Gasteiger partial charge in [-0.3, -0.25) is 0 Å². The van der Waals surface area contributed by atoms with Crippen molar-refractivity contribution in [3.8, 4) is 0 Å². The molecule has 0 unspecified atom stereocenters. The third kappa shape index (κ3) is 3.73. The summed E-state index contributed by atoms with van der Waals surface area (Å²) in [6.45, 7) is 4.01. The van der Waals surface area contributed by atoms with Crippen LogP contribution in [0.25, 0.3) is 11.2 Å². The molecule has 3 aromatic rings. The number of benzene rings is 1. The third-order valence-corrected chi connectivity index (χ3v) is 4.92. The summed E-state index contributed by atoms with van der Waals surface area (Å²) in [7, 11) is 0. The van der Waals surface area contributed by atoms with Crippen LogP contribution in [0.15, 0.2) is 49.3 Å².